The standard InChI is InChI=1S/C15H9F2N3O2/c16-11-5-1-9(2-6-11)13(21)18-15-20-19-14(22-15)10-3-7-12(17)8-4-10/h1-8H,(H,18,20,21). The van der Waals surface area contributed by atoms with E-state index in [1.54, 1.807) is 0 Å². The minimum absolute atomic E-state index is 0.103. The number of amides is 1. The molecule has 0 aliphatic heterocycles. The predicted octanol–water partition coefficient (Wildman–Crippen LogP) is 3.27. The second-order valence-corrected chi connectivity index (χ2v) is 4.38. The Kier molecular flexibility index (Phi) is 3.61. The summed E-state index contributed by atoms with van der Waals surface area (Å²) in [6, 6.07) is 10.4. The molecule has 3 rings (SSSR count). The summed E-state index contributed by atoms with van der Waals surface area (Å²) in [4.78, 5) is 11.9. The number of rotatable bonds is 3. The van der Waals surface area contributed by atoms with E-state index in [-0.39, 0.29) is 23.3 Å². The Hall–Kier alpha value is -3.09. The van der Waals surface area contributed by atoms with Crippen LogP contribution in [0.3, 0.4) is 0 Å². The second kappa shape index (κ2) is 5.72. The molecule has 3 aromatic rings. The van der Waals surface area contributed by atoms with Crippen LogP contribution in [-0.4, -0.2) is 16.1 Å². The summed E-state index contributed by atoms with van der Waals surface area (Å²) < 4.78 is 30.9. The normalized spacial score (nSPS) is 10.5. The Balaban J connectivity index is 1.75. The molecule has 0 saturated heterocycles. The van der Waals surface area contributed by atoms with Gasteiger partial charge in [-0.25, -0.2) is 8.78 Å². The molecular formula is C15H9F2N3O2. The highest BCUT2D eigenvalue weighted by Crippen LogP contribution is 2.20. The number of nitrogens with zero attached hydrogens (tertiary/aromatic N) is 2. The summed E-state index contributed by atoms with van der Waals surface area (Å²) in [5.41, 5.74) is 0.777. The summed E-state index contributed by atoms with van der Waals surface area (Å²) in [6.07, 6.45) is 0. The maximum Gasteiger partial charge on any atom is 0.322 e. The van der Waals surface area contributed by atoms with Crippen molar-refractivity contribution >= 4 is 11.9 Å². The molecule has 1 heterocycles. The number of nitrogens with one attached hydrogen (secondary N) is 1. The Morgan fingerprint density at radius 1 is 0.909 bits per heavy atom. The Bertz CT molecular complexity index is 798. The van der Waals surface area contributed by atoms with E-state index in [1.165, 1.54) is 48.5 Å². The third-order valence-electron chi connectivity index (χ3n) is 2.84. The first kappa shape index (κ1) is 13.9. The molecular weight excluding hydrogens is 292 g/mol. The van der Waals surface area contributed by atoms with Crippen LogP contribution in [0.1, 0.15) is 10.4 Å². The van der Waals surface area contributed by atoms with Crippen LogP contribution >= 0.6 is 0 Å². The molecule has 1 amide bonds. The van der Waals surface area contributed by atoms with Gasteiger partial charge in [-0.15, -0.1) is 5.10 Å². The molecule has 0 aliphatic rings. The molecule has 0 aliphatic carbocycles. The first-order valence-electron chi connectivity index (χ1n) is 6.28. The summed E-state index contributed by atoms with van der Waals surface area (Å²) in [7, 11) is 0. The Morgan fingerprint density at radius 2 is 1.50 bits per heavy atom. The number of carbonyl (C=O) groups excluding carboxylic acids is 1. The average molecular weight is 301 g/mol. The molecule has 0 saturated carbocycles. The van der Waals surface area contributed by atoms with Crippen LogP contribution < -0.4 is 5.32 Å². The molecule has 2 aromatic carbocycles. The lowest BCUT2D eigenvalue weighted by molar-refractivity contribution is 0.102. The van der Waals surface area contributed by atoms with Gasteiger partial charge in [0.2, 0.25) is 5.89 Å². The quantitative estimate of drug-likeness (QED) is 0.806. The fourth-order valence-corrected chi connectivity index (χ4v) is 1.75. The molecule has 110 valence electrons. The first-order chi connectivity index (χ1) is 10.6. The summed E-state index contributed by atoms with van der Waals surface area (Å²) >= 11 is 0. The van der Waals surface area contributed by atoms with Crippen LogP contribution in [0.15, 0.2) is 52.9 Å². The van der Waals surface area contributed by atoms with Crippen molar-refractivity contribution in [3.8, 4) is 11.5 Å². The van der Waals surface area contributed by atoms with E-state index in [4.69, 9.17) is 4.42 Å². The van der Waals surface area contributed by atoms with Gasteiger partial charge < -0.3 is 4.42 Å². The topological polar surface area (TPSA) is 68.0 Å². The molecule has 5 nitrogen and oxygen atoms in total. The van der Waals surface area contributed by atoms with Crippen molar-refractivity contribution in [1.82, 2.24) is 10.2 Å². The maximum atomic E-state index is 12.8. The molecule has 0 unspecified atom stereocenters. The van der Waals surface area contributed by atoms with Gasteiger partial charge in [0.05, 0.1) is 0 Å². The summed E-state index contributed by atoms with van der Waals surface area (Å²) in [5.74, 6) is -1.18. The van der Waals surface area contributed by atoms with Gasteiger partial charge in [0, 0.05) is 11.1 Å². The molecule has 0 radical (unpaired) electrons. The monoisotopic (exact) mass is 301 g/mol. The highest BCUT2D eigenvalue weighted by Gasteiger charge is 2.12. The van der Waals surface area contributed by atoms with Gasteiger partial charge in [-0.3, -0.25) is 10.1 Å². The van der Waals surface area contributed by atoms with Crippen molar-refractivity contribution in [1.29, 1.82) is 0 Å². The van der Waals surface area contributed by atoms with Crippen LogP contribution in [0.2, 0.25) is 0 Å². The number of carbonyl (C=O) groups is 1. The van der Waals surface area contributed by atoms with Gasteiger partial charge in [-0.05, 0) is 48.5 Å². The minimum Gasteiger partial charge on any atom is -0.403 e. The van der Waals surface area contributed by atoms with E-state index >= 15 is 0 Å². The molecule has 7 heteroatoms. The van der Waals surface area contributed by atoms with Crippen molar-refractivity contribution in [2.45, 2.75) is 0 Å². The molecule has 1 aromatic heterocycles. The van der Waals surface area contributed by atoms with E-state index in [0.29, 0.717) is 5.56 Å². The van der Waals surface area contributed by atoms with E-state index in [2.05, 4.69) is 15.5 Å². The van der Waals surface area contributed by atoms with Gasteiger partial charge in [0.25, 0.3) is 5.91 Å². The maximum absolute atomic E-state index is 12.8. The van der Waals surface area contributed by atoms with Crippen molar-refractivity contribution in [3.63, 3.8) is 0 Å². The van der Waals surface area contributed by atoms with E-state index in [1.807, 2.05) is 0 Å². The molecule has 22 heavy (non-hydrogen) atoms. The lowest BCUT2D eigenvalue weighted by atomic mass is 10.2. The first-order valence-corrected chi connectivity index (χ1v) is 6.28. The minimum atomic E-state index is -0.505. The summed E-state index contributed by atoms with van der Waals surface area (Å²) in [5, 5.41) is 9.85. The van der Waals surface area contributed by atoms with E-state index < -0.39 is 11.7 Å². The van der Waals surface area contributed by atoms with Crippen LogP contribution in [-0.2, 0) is 0 Å². The van der Waals surface area contributed by atoms with Crippen LogP contribution in [0, 0.1) is 11.6 Å². The molecule has 1 N–H and O–H groups in total. The van der Waals surface area contributed by atoms with Gasteiger partial charge in [-0.1, -0.05) is 5.10 Å². The second-order valence-electron chi connectivity index (χ2n) is 4.38. The number of halogens is 2. The average Bonchev–Trinajstić information content (AvgIpc) is 2.97. The van der Waals surface area contributed by atoms with Crippen molar-refractivity contribution < 1.29 is 18.0 Å². The fraction of sp³-hybridized carbons (Fsp3) is 0. The zero-order valence-electron chi connectivity index (χ0n) is 11.1. The third kappa shape index (κ3) is 2.98. The van der Waals surface area contributed by atoms with Gasteiger partial charge in [-0.2, -0.15) is 0 Å². The Morgan fingerprint density at radius 3 is 2.14 bits per heavy atom. The number of benzene rings is 2. The zero-order chi connectivity index (χ0) is 15.5. The van der Waals surface area contributed by atoms with Crippen LogP contribution in [0.25, 0.3) is 11.5 Å². The molecule has 0 spiro atoms. The molecule has 0 bridgehead atoms. The van der Waals surface area contributed by atoms with Gasteiger partial charge in [0.1, 0.15) is 11.6 Å². The smallest absolute Gasteiger partial charge is 0.322 e. The van der Waals surface area contributed by atoms with Crippen molar-refractivity contribution in [2.24, 2.45) is 0 Å². The number of aromatic nitrogens is 2. The highest BCUT2D eigenvalue weighted by molar-refractivity contribution is 6.03. The summed E-state index contributed by atoms with van der Waals surface area (Å²) in [6.45, 7) is 0. The zero-order valence-corrected chi connectivity index (χ0v) is 11.1. The van der Waals surface area contributed by atoms with E-state index in [0.717, 1.165) is 0 Å². The number of hydrogen-bond acceptors (Lipinski definition) is 4. The molecule has 0 fully saturated rings. The largest absolute Gasteiger partial charge is 0.403 e. The lowest BCUT2D eigenvalue weighted by Crippen LogP contribution is -2.12. The lowest BCUT2D eigenvalue weighted by Gasteiger charge is -2.00. The van der Waals surface area contributed by atoms with Crippen molar-refractivity contribution in [3.05, 3.63) is 65.7 Å². The number of anilines is 1. The van der Waals surface area contributed by atoms with Crippen molar-refractivity contribution in [2.75, 3.05) is 5.32 Å². The third-order valence-corrected chi connectivity index (χ3v) is 2.84. The fourth-order valence-electron chi connectivity index (χ4n) is 1.75. The van der Waals surface area contributed by atoms with Crippen LogP contribution in [0.4, 0.5) is 14.8 Å². The predicted molar refractivity (Wildman–Crippen MR) is 74.0 cm³/mol. The Labute approximate surface area is 123 Å². The highest BCUT2D eigenvalue weighted by atomic mass is 19.1. The SMILES string of the molecule is O=C(Nc1nnc(-c2ccc(F)cc2)o1)c1ccc(F)cc1. The number of hydrogen-bond donors (Lipinski definition) is 1. The van der Waals surface area contributed by atoms with Crippen LogP contribution in [0.5, 0.6) is 0 Å². The van der Waals surface area contributed by atoms with Gasteiger partial charge in [0.15, 0.2) is 0 Å². The molecule has 0 atom stereocenters. The van der Waals surface area contributed by atoms with E-state index in [9.17, 15) is 13.6 Å². The van der Waals surface area contributed by atoms with Gasteiger partial charge >= 0.3 is 6.01 Å².